The first kappa shape index (κ1) is 11.6. The van der Waals surface area contributed by atoms with Crippen molar-refractivity contribution < 1.29 is 4.74 Å². The SMILES string of the molecule is Cc1cc(Cl)cc(Cl)c1N1CCC2(CC1)CO2. The molecule has 92 valence electrons. The van der Waals surface area contributed by atoms with Crippen LogP contribution in [-0.4, -0.2) is 25.3 Å². The molecule has 0 aromatic heterocycles. The average Bonchev–Trinajstić information content (AvgIpc) is 3.00. The predicted octanol–water partition coefficient (Wildman–Crippen LogP) is 3.67. The molecule has 0 saturated carbocycles. The van der Waals surface area contributed by atoms with Gasteiger partial charge in [-0.15, -0.1) is 0 Å². The van der Waals surface area contributed by atoms with Crippen molar-refractivity contribution >= 4 is 28.9 Å². The minimum Gasteiger partial charge on any atom is -0.370 e. The van der Waals surface area contributed by atoms with Crippen LogP contribution in [0.4, 0.5) is 5.69 Å². The van der Waals surface area contributed by atoms with Gasteiger partial charge >= 0.3 is 0 Å². The number of hydrogen-bond donors (Lipinski definition) is 0. The lowest BCUT2D eigenvalue weighted by molar-refractivity contribution is 0.258. The Bertz CT molecular complexity index is 424. The first-order valence-electron chi connectivity index (χ1n) is 5.94. The number of anilines is 1. The minimum atomic E-state index is 0.212. The molecule has 0 radical (unpaired) electrons. The molecule has 2 fully saturated rings. The maximum absolute atomic E-state index is 6.30. The van der Waals surface area contributed by atoms with Crippen LogP contribution in [0.2, 0.25) is 10.0 Å². The molecular formula is C13H15Cl2NO. The normalized spacial score (nSPS) is 21.9. The summed E-state index contributed by atoms with van der Waals surface area (Å²) >= 11 is 12.3. The summed E-state index contributed by atoms with van der Waals surface area (Å²) < 4.78 is 5.52. The minimum absolute atomic E-state index is 0.212. The number of halogens is 2. The third-order valence-corrected chi connectivity index (χ3v) is 4.27. The predicted molar refractivity (Wildman–Crippen MR) is 71.3 cm³/mol. The molecule has 3 rings (SSSR count). The maximum atomic E-state index is 6.30. The standard InChI is InChI=1S/C13H15Cl2NO/c1-9-6-10(14)7-11(15)12(9)16-4-2-13(3-5-16)8-17-13/h6-7H,2-5,8H2,1H3. The van der Waals surface area contributed by atoms with E-state index in [9.17, 15) is 0 Å². The van der Waals surface area contributed by atoms with E-state index in [0.29, 0.717) is 5.02 Å². The van der Waals surface area contributed by atoms with Gasteiger partial charge in [0.15, 0.2) is 0 Å². The number of piperidine rings is 1. The maximum Gasteiger partial charge on any atom is 0.0950 e. The molecule has 1 aromatic rings. The summed E-state index contributed by atoms with van der Waals surface area (Å²) in [4.78, 5) is 2.35. The van der Waals surface area contributed by atoms with Crippen molar-refractivity contribution in [2.24, 2.45) is 0 Å². The fourth-order valence-corrected chi connectivity index (χ4v) is 3.34. The van der Waals surface area contributed by atoms with Gasteiger partial charge in [0.2, 0.25) is 0 Å². The Morgan fingerprint density at radius 1 is 1.24 bits per heavy atom. The van der Waals surface area contributed by atoms with E-state index in [1.165, 1.54) is 0 Å². The van der Waals surface area contributed by atoms with Crippen molar-refractivity contribution in [3.8, 4) is 0 Å². The van der Waals surface area contributed by atoms with Crippen LogP contribution in [-0.2, 0) is 4.74 Å². The van der Waals surface area contributed by atoms with Crippen LogP contribution in [0, 0.1) is 6.92 Å². The Labute approximate surface area is 111 Å². The topological polar surface area (TPSA) is 15.8 Å². The molecule has 2 saturated heterocycles. The summed E-state index contributed by atoms with van der Waals surface area (Å²) in [6, 6.07) is 3.80. The largest absolute Gasteiger partial charge is 0.370 e. The lowest BCUT2D eigenvalue weighted by atomic mass is 9.97. The van der Waals surface area contributed by atoms with Crippen molar-refractivity contribution in [3.63, 3.8) is 0 Å². The number of hydrogen-bond acceptors (Lipinski definition) is 2. The molecule has 2 aliphatic rings. The van der Waals surface area contributed by atoms with Crippen LogP contribution in [0.25, 0.3) is 0 Å². The fraction of sp³-hybridized carbons (Fsp3) is 0.538. The van der Waals surface area contributed by atoms with Gasteiger partial charge in [0.05, 0.1) is 22.9 Å². The van der Waals surface area contributed by atoms with E-state index in [4.69, 9.17) is 27.9 Å². The molecule has 2 nitrogen and oxygen atoms in total. The zero-order valence-corrected chi connectivity index (χ0v) is 11.3. The number of benzene rings is 1. The summed E-state index contributed by atoms with van der Waals surface area (Å²) in [7, 11) is 0. The summed E-state index contributed by atoms with van der Waals surface area (Å²) in [5.41, 5.74) is 2.49. The van der Waals surface area contributed by atoms with Gasteiger partial charge in [0.1, 0.15) is 0 Å². The van der Waals surface area contributed by atoms with E-state index < -0.39 is 0 Å². The van der Waals surface area contributed by atoms with Crippen LogP contribution in [0.15, 0.2) is 12.1 Å². The molecule has 0 N–H and O–H groups in total. The Morgan fingerprint density at radius 3 is 2.41 bits per heavy atom. The highest BCUT2D eigenvalue weighted by Crippen LogP contribution is 2.41. The van der Waals surface area contributed by atoms with Crippen molar-refractivity contribution in [2.45, 2.75) is 25.4 Å². The number of nitrogens with zero attached hydrogens (tertiary/aromatic N) is 1. The Kier molecular flexibility index (Phi) is 2.77. The van der Waals surface area contributed by atoms with E-state index in [-0.39, 0.29) is 5.60 Å². The molecule has 17 heavy (non-hydrogen) atoms. The quantitative estimate of drug-likeness (QED) is 0.725. The van der Waals surface area contributed by atoms with Gasteiger partial charge in [-0.1, -0.05) is 23.2 Å². The van der Waals surface area contributed by atoms with Crippen LogP contribution >= 0.6 is 23.2 Å². The monoisotopic (exact) mass is 271 g/mol. The molecule has 2 heterocycles. The molecule has 1 aromatic carbocycles. The molecule has 0 aliphatic carbocycles. The van der Waals surface area contributed by atoms with Gasteiger partial charge in [-0.3, -0.25) is 0 Å². The summed E-state index contributed by atoms with van der Waals surface area (Å²) in [6.07, 6.45) is 2.21. The van der Waals surface area contributed by atoms with E-state index in [0.717, 1.165) is 48.8 Å². The van der Waals surface area contributed by atoms with Gasteiger partial charge in [-0.05, 0) is 37.5 Å². The van der Waals surface area contributed by atoms with Crippen LogP contribution in [0.3, 0.4) is 0 Å². The molecule has 1 spiro atoms. The van der Waals surface area contributed by atoms with E-state index >= 15 is 0 Å². The Hall–Kier alpha value is -0.440. The molecule has 2 aliphatic heterocycles. The van der Waals surface area contributed by atoms with Crippen molar-refractivity contribution in [3.05, 3.63) is 27.7 Å². The average molecular weight is 272 g/mol. The number of rotatable bonds is 1. The highest BCUT2D eigenvalue weighted by atomic mass is 35.5. The number of epoxide rings is 1. The van der Waals surface area contributed by atoms with Gasteiger partial charge in [-0.25, -0.2) is 0 Å². The van der Waals surface area contributed by atoms with Gasteiger partial charge < -0.3 is 9.64 Å². The van der Waals surface area contributed by atoms with Crippen LogP contribution in [0.1, 0.15) is 18.4 Å². The van der Waals surface area contributed by atoms with Gasteiger partial charge in [0, 0.05) is 18.1 Å². The second-order valence-corrected chi connectivity index (χ2v) is 5.86. The third-order valence-electron chi connectivity index (χ3n) is 3.76. The summed E-state index contributed by atoms with van der Waals surface area (Å²) in [6.45, 7) is 5.03. The van der Waals surface area contributed by atoms with Gasteiger partial charge in [0.25, 0.3) is 0 Å². The second kappa shape index (κ2) is 4.04. The third kappa shape index (κ3) is 2.14. The molecule has 0 atom stereocenters. The van der Waals surface area contributed by atoms with E-state index in [2.05, 4.69) is 11.8 Å². The van der Waals surface area contributed by atoms with Crippen LogP contribution in [0.5, 0.6) is 0 Å². The number of ether oxygens (including phenoxy) is 1. The number of aryl methyl sites for hydroxylation is 1. The lowest BCUT2D eigenvalue weighted by Crippen LogP contribution is -2.38. The van der Waals surface area contributed by atoms with Crippen molar-refractivity contribution in [1.82, 2.24) is 0 Å². The highest BCUT2D eigenvalue weighted by molar-refractivity contribution is 6.36. The highest BCUT2D eigenvalue weighted by Gasteiger charge is 2.46. The van der Waals surface area contributed by atoms with Gasteiger partial charge in [-0.2, -0.15) is 0 Å². The lowest BCUT2D eigenvalue weighted by Gasteiger charge is -2.33. The zero-order chi connectivity index (χ0) is 12.0. The summed E-state index contributed by atoms with van der Waals surface area (Å²) in [5.74, 6) is 0. The molecule has 0 unspecified atom stereocenters. The zero-order valence-electron chi connectivity index (χ0n) is 9.80. The Morgan fingerprint density at radius 2 is 1.88 bits per heavy atom. The van der Waals surface area contributed by atoms with Crippen LogP contribution < -0.4 is 4.90 Å². The smallest absolute Gasteiger partial charge is 0.0950 e. The molecule has 0 bridgehead atoms. The molecule has 4 heteroatoms. The first-order valence-corrected chi connectivity index (χ1v) is 6.70. The second-order valence-electron chi connectivity index (χ2n) is 5.01. The van der Waals surface area contributed by atoms with Crippen molar-refractivity contribution in [1.29, 1.82) is 0 Å². The summed E-state index contributed by atoms with van der Waals surface area (Å²) in [5, 5.41) is 1.46. The molecule has 0 amide bonds. The Balaban J connectivity index is 1.84. The first-order chi connectivity index (χ1) is 8.10. The fourth-order valence-electron chi connectivity index (χ4n) is 2.62. The van der Waals surface area contributed by atoms with E-state index in [1.54, 1.807) is 0 Å². The van der Waals surface area contributed by atoms with E-state index in [1.807, 2.05) is 12.1 Å². The van der Waals surface area contributed by atoms with Crippen molar-refractivity contribution in [2.75, 3.05) is 24.6 Å². The molecular weight excluding hydrogens is 257 g/mol.